The Bertz CT molecular complexity index is 6650. The van der Waals surface area contributed by atoms with Gasteiger partial charge in [0.1, 0.15) is 11.2 Å². The van der Waals surface area contributed by atoms with Crippen molar-refractivity contribution < 1.29 is 4.42 Å². The summed E-state index contributed by atoms with van der Waals surface area (Å²) in [6.07, 6.45) is 0. The number of aryl methyl sites for hydroxylation is 3. The summed E-state index contributed by atoms with van der Waals surface area (Å²) in [5, 5.41) is 2.29. The average molecular weight is 1370 g/mol. The Morgan fingerprint density at radius 3 is 1.14 bits per heavy atom. The van der Waals surface area contributed by atoms with Crippen LogP contribution in [0.3, 0.4) is 0 Å². The van der Waals surface area contributed by atoms with E-state index in [-0.39, 0.29) is 33.0 Å². The number of aromatic nitrogens is 12. The van der Waals surface area contributed by atoms with Gasteiger partial charge in [-0.3, -0.25) is 17.6 Å². The molecule has 0 bridgehead atoms. The zero-order valence-electron chi connectivity index (χ0n) is 64.3. The standard InChI is InChI=1S/C29H23N3O.C25H33N3.C19H21N3.C18H19N3/c1-29(2,3)32-25-13-6-5-12-24(25)31-23-16-15-18(17-22(23)30-28(31)32)19-10-8-11-21-20-9-4-7-14-26(20)33-27(19)21;1-23(2,3)16-10-12-19-18(14-16)26-22-27(19)21-15-17(24(4,5)6)11-13-20(21)28(22)25(7,8)9;1-12-6-8-15-14(10-12)20-18-21(15)17-11-13(2)7-9-16(17)22(18)19(3,4)5;1-12-9-10-15-16(11-12)20-14-8-6-5-7-13(14)19-17(20)21(15)18(2,3)4/h4-17H,1-3H3;10-15H,1-9H3;6-11H,1-5H3;5-11H,1-4H3. The van der Waals surface area contributed by atoms with E-state index in [1.807, 2.05) is 18.2 Å². The fourth-order valence-electron chi connectivity index (χ4n) is 15.8. The molecule has 0 fully saturated rings. The molecule has 10 aromatic carbocycles. The molecule has 19 rings (SSSR count). The van der Waals surface area contributed by atoms with Crippen LogP contribution in [0.25, 0.3) is 144 Å². The first-order valence-corrected chi connectivity index (χ1v) is 36.7. The van der Waals surface area contributed by atoms with Crippen LogP contribution in [0, 0.1) is 20.8 Å². The van der Waals surface area contributed by atoms with Crippen LogP contribution in [0.1, 0.15) is 152 Å². The summed E-state index contributed by atoms with van der Waals surface area (Å²) in [5.74, 6) is 4.03. The van der Waals surface area contributed by atoms with E-state index in [1.165, 1.54) is 88.5 Å². The average Bonchev–Trinajstić information content (AvgIpc) is 1.58. The second-order valence-corrected chi connectivity index (χ2v) is 34.9. The fourth-order valence-corrected chi connectivity index (χ4v) is 15.8. The van der Waals surface area contributed by atoms with E-state index in [9.17, 15) is 0 Å². The molecule has 0 amide bonds. The lowest BCUT2D eigenvalue weighted by atomic mass is 9.86. The Hall–Kier alpha value is -10.9. The maximum atomic E-state index is 6.29. The van der Waals surface area contributed by atoms with Gasteiger partial charge in [-0.15, -0.1) is 0 Å². The fraction of sp³-hybridized carbons (Fsp3) is 0.297. The smallest absolute Gasteiger partial charge is 0.216 e. The number of hydrogen-bond acceptors (Lipinski definition) is 5. The molecule has 0 saturated heterocycles. The summed E-state index contributed by atoms with van der Waals surface area (Å²) in [7, 11) is 0. The SMILES string of the molecule is CC(C)(C)c1ccc2c(c1)nc1n(C(C)(C)C)c3ccc(C(C)(C)C)cc3n21.CC(C)(C)n1c2ccccc2n2c3ccc(-c4cccc5c4oc4ccccc45)cc3nc12.Cc1ccc2c(c1)n1c3ccccc3nc1n2C(C)(C)C.Cc1ccc2c(c1)nc1n(C(C)(C)C)c3ccc(C)cc3n21. The van der Waals surface area contributed by atoms with E-state index in [0.29, 0.717) is 0 Å². The maximum Gasteiger partial charge on any atom is 0.216 e. The second kappa shape index (κ2) is 23.6. The molecule has 0 aliphatic carbocycles. The first-order chi connectivity index (χ1) is 49.1. The highest BCUT2D eigenvalue weighted by Crippen LogP contribution is 2.41. The minimum Gasteiger partial charge on any atom is -0.455 e. The Kier molecular flexibility index (Phi) is 15.3. The van der Waals surface area contributed by atoms with Crippen LogP contribution in [0.15, 0.2) is 205 Å². The molecule has 19 aromatic rings. The summed E-state index contributed by atoms with van der Waals surface area (Å²) < 4.78 is 24.9. The van der Waals surface area contributed by atoms with Crippen molar-refractivity contribution >= 4 is 133 Å². The number of nitrogens with zero attached hydrogens (tertiary/aromatic N) is 12. The van der Waals surface area contributed by atoms with Gasteiger partial charge in [0.15, 0.2) is 0 Å². The Labute approximate surface area is 607 Å². The van der Waals surface area contributed by atoms with Gasteiger partial charge in [0.2, 0.25) is 23.1 Å². The van der Waals surface area contributed by atoms with E-state index in [4.69, 9.17) is 24.4 Å². The lowest BCUT2D eigenvalue weighted by Gasteiger charge is -2.23. The van der Waals surface area contributed by atoms with Crippen molar-refractivity contribution in [2.45, 2.75) is 178 Å². The number of imidazole rings is 8. The topological polar surface area (TPSA) is 102 Å². The predicted octanol–water partition coefficient (Wildman–Crippen LogP) is 23.9. The van der Waals surface area contributed by atoms with Gasteiger partial charge in [-0.05, 0) is 251 Å². The van der Waals surface area contributed by atoms with Crippen molar-refractivity contribution in [2.24, 2.45) is 0 Å². The molecule has 0 aliphatic rings. The quantitative estimate of drug-likeness (QED) is 0.163. The van der Waals surface area contributed by atoms with E-state index < -0.39 is 0 Å². The second-order valence-electron chi connectivity index (χ2n) is 34.9. The van der Waals surface area contributed by atoms with Gasteiger partial charge < -0.3 is 22.7 Å². The minimum atomic E-state index is -0.0889. The summed E-state index contributed by atoms with van der Waals surface area (Å²) in [4.78, 5) is 20.0. The molecule has 0 unspecified atom stereocenters. The van der Waals surface area contributed by atoms with Crippen LogP contribution in [0.4, 0.5) is 0 Å². The van der Waals surface area contributed by atoms with Crippen LogP contribution >= 0.6 is 0 Å². The number of fused-ring (bicyclic) bond motifs is 23. The molecule has 0 atom stereocenters. The molecule has 0 N–H and O–H groups in total. The predicted molar refractivity (Wildman–Crippen MR) is 437 cm³/mol. The van der Waals surface area contributed by atoms with Crippen molar-refractivity contribution in [1.82, 2.24) is 55.8 Å². The van der Waals surface area contributed by atoms with E-state index in [2.05, 4.69) is 363 Å². The van der Waals surface area contributed by atoms with Crippen molar-refractivity contribution in [3.8, 4) is 11.1 Å². The number of benzene rings is 10. The number of para-hydroxylation sites is 6. The van der Waals surface area contributed by atoms with Crippen LogP contribution in [-0.2, 0) is 33.0 Å². The summed E-state index contributed by atoms with van der Waals surface area (Å²) >= 11 is 0. The van der Waals surface area contributed by atoms with Gasteiger partial charge in [-0.25, -0.2) is 19.9 Å². The summed E-state index contributed by atoms with van der Waals surface area (Å²) in [5.41, 5.74) is 29.2. The van der Waals surface area contributed by atoms with Crippen molar-refractivity contribution in [3.63, 3.8) is 0 Å². The van der Waals surface area contributed by atoms with Crippen LogP contribution < -0.4 is 0 Å². The first kappa shape index (κ1) is 67.6. The highest BCUT2D eigenvalue weighted by Gasteiger charge is 2.30. The van der Waals surface area contributed by atoms with Crippen molar-refractivity contribution in [2.75, 3.05) is 0 Å². The lowest BCUT2D eigenvalue weighted by Crippen LogP contribution is -2.21. The largest absolute Gasteiger partial charge is 0.455 e. The third-order valence-corrected chi connectivity index (χ3v) is 20.6. The molecular formula is C91H96N12O. The van der Waals surface area contributed by atoms with Gasteiger partial charge >= 0.3 is 0 Å². The first-order valence-electron chi connectivity index (χ1n) is 36.7. The van der Waals surface area contributed by atoms with Gasteiger partial charge in [0.05, 0.1) is 88.3 Å². The van der Waals surface area contributed by atoms with E-state index >= 15 is 0 Å². The van der Waals surface area contributed by atoms with Gasteiger partial charge in [0, 0.05) is 38.5 Å². The number of furan rings is 1. The molecule has 13 nitrogen and oxygen atoms in total. The van der Waals surface area contributed by atoms with Crippen LogP contribution in [0.2, 0.25) is 0 Å². The van der Waals surface area contributed by atoms with E-state index in [0.717, 1.165) is 83.8 Å². The summed E-state index contributed by atoms with van der Waals surface area (Å²) in [6, 6.07) is 71.5. The normalized spacial score (nSPS) is 13.0. The molecule has 9 aromatic heterocycles. The highest BCUT2D eigenvalue weighted by atomic mass is 16.3. The molecule has 0 saturated carbocycles. The van der Waals surface area contributed by atoms with Gasteiger partial charge in [-0.1, -0.05) is 139 Å². The molecule has 0 spiro atoms. The highest BCUT2D eigenvalue weighted by molar-refractivity contribution is 6.10. The third kappa shape index (κ3) is 11.1. The van der Waals surface area contributed by atoms with Crippen LogP contribution in [0.5, 0.6) is 0 Å². The molecule has 526 valence electrons. The van der Waals surface area contributed by atoms with Crippen LogP contribution in [-0.4, -0.2) is 55.8 Å². The van der Waals surface area contributed by atoms with Crippen molar-refractivity contribution in [3.05, 3.63) is 228 Å². The number of hydrogen-bond donors (Lipinski definition) is 0. The van der Waals surface area contributed by atoms with Gasteiger partial charge in [-0.2, -0.15) is 0 Å². The minimum absolute atomic E-state index is 0.0143. The Morgan fingerprint density at radius 1 is 0.269 bits per heavy atom. The number of rotatable bonds is 1. The zero-order chi connectivity index (χ0) is 73.4. The van der Waals surface area contributed by atoms with Gasteiger partial charge in [0.25, 0.3) is 0 Å². The molecule has 9 heterocycles. The molecule has 0 aliphatic heterocycles. The van der Waals surface area contributed by atoms with E-state index in [1.54, 1.807) is 0 Å². The maximum absolute atomic E-state index is 6.29. The molecule has 0 radical (unpaired) electrons. The molecular weight excluding hydrogens is 1280 g/mol. The third-order valence-electron chi connectivity index (χ3n) is 20.6. The lowest BCUT2D eigenvalue weighted by molar-refractivity contribution is 0.418. The molecule has 104 heavy (non-hydrogen) atoms. The van der Waals surface area contributed by atoms with Crippen molar-refractivity contribution in [1.29, 1.82) is 0 Å². The molecule has 13 heteroatoms. The zero-order valence-corrected chi connectivity index (χ0v) is 64.3. The Balaban J connectivity index is 0.000000109. The monoisotopic (exact) mass is 1370 g/mol. The Morgan fingerprint density at radius 2 is 0.625 bits per heavy atom. The summed E-state index contributed by atoms with van der Waals surface area (Å²) in [6.45, 7) is 46.8.